The molecule has 0 bridgehead atoms. The van der Waals surface area contributed by atoms with Crippen molar-refractivity contribution >= 4 is 11.6 Å². The third-order valence-corrected chi connectivity index (χ3v) is 5.00. The van der Waals surface area contributed by atoms with E-state index in [-0.39, 0.29) is 11.1 Å². The number of alkyl halides is 6. The van der Waals surface area contributed by atoms with Gasteiger partial charge in [-0.15, -0.1) is 0 Å². The molecule has 0 saturated carbocycles. The van der Waals surface area contributed by atoms with Gasteiger partial charge in [0.05, 0.1) is 23.2 Å². The Balaban J connectivity index is 1.96. The molecule has 3 aromatic rings. The number of ketones is 2. The zero-order valence-corrected chi connectivity index (χ0v) is 17.0. The van der Waals surface area contributed by atoms with Crippen LogP contribution in [0.3, 0.4) is 0 Å². The van der Waals surface area contributed by atoms with Gasteiger partial charge in [0.25, 0.3) is 0 Å². The van der Waals surface area contributed by atoms with Gasteiger partial charge in [-0.05, 0) is 29.8 Å². The van der Waals surface area contributed by atoms with Gasteiger partial charge in [0.1, 0.15) is 5.78 Å². The molecule has 1 aromatic heterocycles. The van der Waals surface area contributed by atoms with Crippen LogP contribution < -0.4 is 0 Å². The van der Waals surface area contributed by atoms with Crippen molar-refractivity contribution in [3.05, 3.63) is 101 Å². The first-order valence-electron chi connectivity index (χ1n) is 9.76. The number of benzene rings is 2. The largest absolute Gasteiger partial charge is 0.418 e. The highest BCUT2D eigenvalue weighted by atomic mass is 19.4. The van der Waals surface area contributed by atoms with Gasteiger partial charge >= 0.3 is 12.4 Å². The Morgan fingerprint density at radius 2 is 1.42 bits per heavy atom. The molecule has 0 aliphatic heterocycles. The lowest BCUT2D eigenvalue weighted by atomic mass is 9.86. The maximum Gasteiger partial charge on any atom is 0.418 e. The van der Waals surface area contributed by atoms with Gasteiger partial charge in [-0.25, -0.2) is 0 Å². The highest BCUT2D eigenvalue weighted by Crippen LogP contribution is 2.39. The van der Waals surface area contributed by atoms with Crippen molar-refractivity contribution in [2.75, 3.05) is 0 Å². The fourth-order valence-corrected chi connectivity index (χ4v) is 3.42. The summed E-state index contributed by atoms with van der Waals surface area (Å²) in [5.74, 6) is -2.46. The second kappa shape index (κ2) is 9.56. The van der Waals surface area contributed by atoms with E-state index in [9.17, 15) is 35.9 Å². The van der Waals surface area contributed by atoms with Gasteiger partial charge in [0.2, 0.25) is 0 Å². The highest BCUT2D eigenvalue weighted by Gasteiger charge is 2.37. The Morgan fingerprint density at radius 1 is 0.788 bits per heavy atom. The molecule has 33 heavy (non-hydrogen) atoms. The van der Waals surface area contributed by atoms with Crippen molar-refractivity contribution < 1.29 is 35.9 Å². The van der Waals surface area contributed by atoms with E-state index >= 15 is 0 Å². The molecule has 0 N–H and O–H groups in total. The third kappa shape index (κ3) is 6.06. The number of carbonyl (C=O) groups is 2. The van der Waals surface area contributed by atoms with E-state index in [4.69, 9.17) is 0 Å². The molecule has 0 saturated heterocycles. The first-order valence-corrected chi connectivity index (χ1v) is 9.76. The second-order valence-electron chi connectivity index (χ2n) is 7.32. The average molecular weight is 465 g/mol. The van der Waals surface area contributed by atoms with Gasteiger partial charge < -0.3 is 0 Å². The van der Waals surface area contributed by atoms with Crippen LogP contribution in [-0.2, 0) is 17.1 Å². The van der Waals surface area contributed by atoms with Crippen LogP contribution in [0.5, 0.6) is 0 Å². The standard InChI is InChI=1S/C24H17F6NO2/c25-23(26,27)17-10-8-15(9-11-17)19(22-20(24(28,29)30)7-4-12-31-22)13-18(32)14-21(33)16-5-2-1-3-6-16/h1-12,19H,13-14H2/t19-/m0/s1. The van der Waals surface area contributed by atoms with Gasteiger partial charge in [0.15, 0.2) is 5.78 Å². The van der Waals surface area contributed by atoms with Crippen molar-refractivity contribution in [1.82, 2.24) is 4.98 Å². The predicted molar refractivity (Wildman–Crippen MR) is 108 cm³/mol. The second-order valence-corrected chi connectivity index (χ2v) is 7.32. The van der Waals surface area contributed by atoms with Crippen molar-refractivity contribution in [3.63, 3.8) is 0 Å². The van der Waals surface area contributed by atoms with Crippen LogP contribution in [0, 0.1) is 0 Å². The van der Waals surface area contributed by atoms with E-state index in [1.807, 2.05) is 0 Å². The van der Waals surface area contributed by atoms with Crippen LogP contribution in [0.1, 0.15) is 51.5 Å². The summed E-state index contributed by atoms with van der Waals surface area (Å²) >= 11 is 0. The van der Waals surface area contributed by atoms with Gasteiger partial charge in [0, 0.05) is 24.1 Å². The average Bonchev–Trinajstić information content (AvgIpc) is 2.77. The van der Waals surface area contributed by atoms with Gasteiger partial charge in [-0.3, -0.25) is 14.6 Å². The van der Waals surface area contributed by atoms with E-state index in [2.05, 4.69) is 4.98 Å². The monoisotopic (exact) mass is 465 g/mol. The van der Waals surface area contributed by atoms with Crippen molar-refractivity contribution in [2.24, 2.45) is 0 Å². The molecule has 0 radical (unpaired) electrons. The molecule has 172 valence electrons. The molecule has 0 fully saturated rings. The predicted octanol–water partition coefficient (Wildman–Crippen LogP) is 6.48. The van der Waals surface area contributed by atoms with Crippen LogP contribution in [-0.4, -0.2) is 16.6 Å². The lowest BCUT2D eigenvalue weighted by Crippen LogP contribution is -2.18. The molecule has 3 nitrogen and oxygen atoms in total. The zero-order chi connectivity index (χ0) is 24.2. The Bertz CT molecular complexity index is 1120. The van der Waals surface area contributed by atoms with Crippen LogP contribution in [0.15, 0.2) is 72.9 Å². The molecule has 2 aromatic carbocycles. The summed E-state index contributed by atoms with van der Waals surface area (Å²) in [7, 11) is 0. The number of hydrogen-bond donors (Lipinski definition) is 0. The smallest absolute Gasteiger partial charge is 0.299 e. The Morgan fingerprint density at radius 3 is 2.00 bits per heavy atom. The molecule has 0 amide bonds. The number of rotatable bonds is 7. The minimum absolute atomic E-state index is 0.0488. The number of aromatic nitrogens is 1. The van der Waals surface area contributed by atoms with E-state index in [1.54, 1.807) is 18.2 Å². The number of nitrogens with zero attached hydrogens (tertiary/aromatic N) is 1. The van der Waals surface area contributed by atoms with Crippen molar-refractivity contribution in [3.8, 4) is 0 Å². The molecule has 1 heterocycles. The summed E-state index contributed by atoms with van der Waals surface area (Å²) in [5.41, 5.74) is -2.26. The number of pyridine rings is 1. The highest BCUT2D eigenvalue weighted by molar-refractivity contribution is 6.08. The summed E-state index contributed by atoms with van der Waals surface area (Å²) in [5, 5.41) is 0. The minimum Gasteiger partial charge on any atom is -0.299 e. The molecular weight excluding hydrogens is 448 g/mol. The van der Waals surface area contributed by atoms with E-state index in [0.717, 1.165) is 42.6 Å². The molecule has 9 heteroatoms. The SMILES string of the molecule is O=C(CC(=O)c1ccccc1)C[C@@H](c1ccc(C(F)(F)F)cc1)c1ncccc1C(F)(F)F. The van der Waals surface area contributed by atoms with E-state index in [1.165, 1.54) is 12.1 Å². The first-order chi connectivity index (χ1) is 15.5. The fraction of sp³-hybridized carbons (Fsp3) is 0.208. The molecule has 0 spiro atoms. The summed E-state index contributed by atoms with van der Waals surface area (Å²) in [6.07, 6.45) is -9.41. The summed E-state index contributed by atoms with van der Waals surface area (Å²) in [6.45, 7) is 0. The molecule has 0 aliphatic rings. The lowest BCUT2D eigenvalue weighted by Gasteiger charge is -2.21. The van der Waals surface area contributed by atoms with Crippen LogP contribution >= 0.6 is 0 Å². The maximum absolute atomic E-state index is 13.6. The fourth-order valence-electron chi connectivity index (χ4n) is 3.42. The quantitative estimate of drug-likeness (QED) is 0.228. The number of Topliss-reactive ketones (excluding diaryl/α,β-unsaturated/α-hetero) is 2. The third-order valence-electron chi connectivity index (χ3n) is 5.00. The Labute approximate surface area is 185 Å². The van der Waals surface area contributed by atoms with Crippen molar-refractivity contribution in [1.29, 1.82) is 0 Å². The topological polar surface area (TPSA) is 47.0 Å². The number of hydrogen-bond acceptors (Lipinski definition) is 3. The molecular formula is C24H17F6NO2. The van der Waals surface area contributed by atoms with E-state index in [0.29, 0.717) is 0 Å². The summed E-state index contributed by atoms with van der Waals surface area (Å²) < 4.78 is 79.5. The van der Waals surface area contributed by atoms with Crippen LogP contribution in [0.4, 0.5) is 26.3 Å². The molecule has 1 atom stereocenters. The molecule has 0 unspecified atom stereocenters. The van der Waals surface area contributed by atoms with E-state index < -0.39 is 59.5 Å². The number of carbonyl (C=O) groups excluding carboxylic acids is 2. The van der Waals surface area contributed by atoms with Gasteiger partial charge in [-0.2, -0.15) is 26.3 Å². The maximum atomic E-state index is 13.6. The Kier molecular flexibility index (Phi) is 7.00. The number of halogens is 6. The van der Waals surface area contributed by atoms with Crippen molar-refractivity contribution in [2.45, 2.75) is 31.1 Å². The first kappa shape index (κ1) is 24.2. The van der Waals surface area contributed by atoms with Crippen LogP contribution in [0.2, 0.25) is 0 Å². The molecule has 0 aliphatic carbocycles. The lowest BCUT2D eigenvalue weighted by molar-refractivity contribution is -0.139. The van der Waals surface area contributed by atoms with Crippen LogP contribution in [0.25, 0.3) is 0 Å². The minimum atomic E-state index is -4.79. The molecule has 3 rings (SSSR count). The summed E-state index contributed by atoms with van der Waals surface area (Å²) in [6, 6.07) is 13.3. The summed E-state index contributed by atoms with van der Waals surface area (Å²) in [4.78, 5) is 28.8. The Hall–Kier alpha value is -3.49. The van der Waals surface area contributed by atoms with Gasteiger partial charge in [-0.1, -0.05) is 42.5 Å². The normalized spacial score (nSPS) is 12.9. The zero-order valence-electron chi connectivity index (χ0n) is 17.0.